The van der Waals surface area contributed by atoms with Crippen LogP contribution in [0.25, 0.3) is 0 Å². The molecule has 0 radical (unpaired) electrons. The molecule has 0 aromatic heterocycles. The number of carbonyl (C=O) groups is 1. The van der Waals surface area contributed by atoms with Crippen LogP contribution in [0.2, 0.25) is 0 Å². The molecule has 4 heteroatoms. The van der Waals surface area contributed by atoms with Gasteiger partial charge < -0.3 is 4.90 Å². The topological polar surface area (TPSA) is 20.3 Å². The summed E-state index contributed by atoms with van der Waals surface area (Å²) in [4.78, 5) is 14.5. The average Bonchev–Trinajstić information content (AvgIpc) is 2.48. The van der Waals surface area contributed by atoms with Gasteiger partial charge in [-0.15, -0.1) is 11.6 Å². The van der Waals surface area contributed by atoms with Crippen LogP contribution in [0.5, 0.6) is 0 Å². The van der Waals surface area contributed by atoms with Crippen molar-refractivity contribution in [2.24, 2.45) is 0 Å². The molecular weight excluding hydrogens is 277 g/mol. The van der Waals surface area contributed by atoms with E-state index in [-0.39, 0.29) is 17.8 Å². The lowest BCUT2D eigenvalue weighted by Gasteiger charge is -2.34. The first-order chi connectivity index (χ1) is 9.63. The fourth-order valence-corrected chi connectivity index (χ4v) is 3.06. The number of rotatable bonds is 4. The van der Waals surface area contributed by atoms with Crippen molar-refractivity contribution in [2.45, 2.75) is 45.1 Å². The van der Waals surface area contributed by atoms with Gasteiger partial charge in [0.25, 0.3) is 5.91 Å². The van der Waals surface area contributed by atoms with Gasteiger partial charge in [-0.2, -0.15) is 0 Å². The molecule has 2 nitrogen and oxygen atoms in total. The van der Waals surface area contributed by atoms with Gasteiger partial charge in [-0.1, -0.05) is 19.3 Å². The van der Waals surface area contributed by atoms with Crippen molar-refractivity contribution in [3.8, 4) is 0 Å². The summed E-state index contributed by atoms with van der Waals surface area (Å²) in [5.41, 5.74) is 1.06. The first-order valence-corrected chi connectivity index (χ1v) is 7.80. The highest BCUT2D eigenvalue weighted by Gasteiger charge is 2.26. The standard InChI is InChI=1S/C16H21ClFNO/c1-12-11-13(7-8-15(12)18)16(20)19(10-9-17)14-5-3-2-4-6-14/h7-8,11,14H,2-6,9-10H2,1H3. The van der Waals surface area contributed by atoms with Crippen molar-refractivity contribution >= 4 is 17.5 Å². The van der Waals surface area contributed by atoms with Crippen LogP contribution in [0.15, 0.2) is 18.2 Å². The Kier molecular flexibility index (Phi) is 5.41. The molecule has 1 aliphatic carbocycles. The first-order valence-electron chi connectivity index (χ1n) is 7.26. The second kappa shape index (κ2) is 7.07. The third kappa shape index (κ3) is 3.51. The van der Waals surface area contributed by atoms with Crippen molar-refractivity contribution in [2.75, 3.05) is 12.4 Å². The van der Waals surface area contributed by atoms with Crippen LogP contribution in [0.1, 0.15) is 48.0 Å². The predicted octanol–water partition coefficient (Wildman–Crippen LogP) is 4.15. The molecule has 0 bridgehead atoms. The van der Waals surface area contributed by atoms with Crippen LogP contribution >= 0.6 is 11.6 Å². The number of hydrogen-bond acceptors (Lipinski definition) is 1. The SMILES string of the molecule is Cc1cc(C(=O)N(CCCl)C2CCCCC2)ccc1F. The van der Waals surface area contributed by atoms with Gasteiger partial charge in [0.1, 0.15) is 5.82 Å². The van der Waals surface area contributed by atoms with E-state index in [0.29, 0.717) is 23.6 Å². The number of alkyl halides is 1. The number of amides is 1. The minimum atomic E-state index is -0.275. The molecule has 1 aromatic carbocycles. The fraction of sp³-hybridized carbons (Fsp3) is 0.562. The molecular formula is C16H21ClFNO. The number of benzene rings is 1. The third-order valence-electron chi connectivity index (χ3n) is 4.01. The lowest BCUT2D eigenvalue weighted by Crippen LogP contribution is -2.42. The zero-order valence-electron chi connectivity index (χ0n) is 11.9. The highest BCUT2D eigenvalue weighted by Crippen LogP contribution is 2.24. The molecule has 1 aliphatic rings. The van der Waals surface area contributed by atoms with E-state index in [0.717, 1.165) is 12.8 Å². The van der Waals surface area contributed by atoms with Gasteiger partial charge in [-0.05, 0) is 43.5 Å². The minimum Gasteiger partial charge on any atom is -0.334 e. The Hall–Kier alpha value is -1.09. The molecule has 20 heavy (non-hydrogen) atoms. The normalized spacial score (nSPS) is 16.1. The summed E-state index contributed by atoms with van der Waals surface area (Å²) in [5.74, 6) is 0.131. The van der Waals surface area contributed by atoms with Gasteiger partial charge in [0.05, 0.1) is 0 Å². The zero-order chi connectivity index (χ0) is 14.5. The second-order valence-corrected chi connectivity index (χ2v) is 5.82. The maximum atomic E-state index is 13.3. The van der Waals surface area contributed by atoms with Crippen LogP contribution in [0, 0.1) is 12.7 Å². The summed E-state index contributed by atoms with van der Waals surface area (Å²) < 4.78 is 13.3. The molecule has 0 spiro atoms. The maximum Gasteiger partial charge on any atom is 0.254 e. The van der Waals surface area contributed by atoms with E-state index in [1.807, 2.05) is 4.90 Å². The van der Waals surface area contributed by atoms with Crippen molar-refractivity contribution in [1.29, 1.82) is 0 Å². The molecule has 1 amide bonds. The van der Waals surface area contributed by atoms with E-state index in [1.54, 1.807) is 19.1 Å². The lowest BCUT2D eigenvalue weighted by molar-refractivity contribution is 0.0649. The monoisotopic (exact) mass is 297 g/mol. The molecule has 1 fully saturated rings. The van der Waals surface area contributed by atoms with E-state index in [1.165, 1.54) is 25.3 Å². The molecule has 0 N–H and O–H groups in total. The minimum absolute atomic E-state index is 0.0272. The van der Waals surface area contributed by atoms with Crippen molar-refractivity contribution in [3.05, 3.63) is 35.1 Å². The second-order valence-electron chi connectivity index (χ2n) is 5.44. The molecule has 0 atom stereocenters. The number of aryl methyl sites for hydroxylation is 1. The van der Waals surface area contributed by atoms with Gasteiger partial charge >= 0.3 is 0 Å². The van der Waals surface area contributed by atoms with Crippen molar-refractivity contribution in [3.63, 3.8) is 0 Å². The summed E-state index contributed by atoms with van der Waals surface area (Å²) >= 11 is 5.85. The molecule has 2 rings (SSSR count). The maximum absolute atomic E-state index is 13.3. The molecule has 0 unspecified atom stereocenters. The Balaban J connectivity index is 2.18. The first kappa shape index (κ1) is 15.3. The summed E-state index contributed by atoms with van der Waals surface area (Å²) in [6.45, 7) is 2.24. The van der Waals surface area contributed by atoms with Crippen LogP contribution < -0.4 is 0 Å². The van der Waals surface area contributed by atoms with Crippen LogP contribution in [-0.4, -0.2) is 29.3 Å². The zero-order valence-corrected chi connectivity index (χ0v) is 12.6. The number of nitrogens with zero attached hydrogens (tertiary/aromatic N) is 1. The number of hydrogen-bond donors (Lipinski definition) is 0. The molecule has 0 heterocycles. The highest BCUT2D eigenvalue weighted by atomic mass is 35.5. The van der Waals surface area contributed by atoms with Gasteiger partial charge in [0, 0.05) is 24.0 Å². The Morgan fingerprint density at radius 3 is 2.65 bits per heavy atom. The molecule has 0 aliphatic heterocycles. The Bertz CT molecular complexity index is 472. The number of carbonyl (C=O) groups excluding carboxylic acids is 1. The van der Waals surface area contributed by atoms with E-state index in [2.05, 4.69) is 0 Å². The fourth-order valence-electron chi connectivity index (χ4n) is 2.88. The summed E-state index contributed by atoms with van der Waals surface area (Å²) in [6, 6.07) is 4.83. The summed E-state index contributed by atoms with van der Waals surface area (Å²) in [6.07, 6.45) is 5.67. The third-order valence-corrected chi connectivity index (χ3v) is 4.18. The van der Waals surface area contributed by atoms with Crippen LogP contribution in [-0.2, 0) is 0 Å². The van der Waals surface area contributed by atoms with Gasteiger partial charge in [-0.3, -0.25) is 4.79 Å². The van der Waals surface area contributed by atoms with E-state index < -0.39 is 0 Å². The van der Waals surface area contributed by atoms with Gasteiger partial charge in [0.2, 0.25) is 0 Å². The van der Waals surface area contributed by atoms with Gasteiger partial charge in [0.15, 0.2) is 0 Å². The average molecular weight is 298 g/mol. The number of halogens is 2. The van der Waals surface area contributed by atoms with E-state index in [9.17, 15) is 9.18 Å². The predicted molar refractivity (Wildman–Crippen MR) is 79.8 cm³/mol. The highest BCUT2D eigenvalue weighted by molar-refractivity contribution is 6.18. The molecule has 1 aromatic rings. The van der Waals surface area contributed by atoms with Crippen LogP contribution in [0.3, 0.4) is 0 Å². The molecule has 1 saturated carbocycles. The summed E-state index contributed by atoms with van der Waals surface area (Å²) in [7, 11) is 0. The smallest absolute Gasteiger partial charge is 0.254 e. The lowest BCUT2D eigenvalue weighted by atomic mass is 9.93. The van der Waals surface area contributed by atoms with E-state index in [4.69, 9.17) is 11.6 Å². The van der Waals surface area contributed by atoms with E-state index >= 15 is 0 Å². The Morgan fingerprint density at radius 2 is 2.05 bits per heavy atom. The van der Waals surface area contributed by atoms with Crippen molar-refractivity contribution < 1.29 is 9.18 Å². The van der Waals surface area contributed by atoms with Gasteiger partial charge in [-0.25, -0.2) is 4.39 Å². The largest absolute Gasteiger partial charge is 0.334 e. The summed E-state index contributed by atoms with van der Waals surface area (Å²) in [5, 5.41) is 0. The van der Waals surface area contributed by atoms with Crippen molar-refractivity contribution in [1.82, 2.24) is 4.90 Å². The Labute approximate surface area is 124 Å². The van der Waals surface area contributed by atoms with Crippen LogP contribution in [0.4, 0.5) is 4.39 Å². The molecule has 0 saturated heterocycles. The molecule has 110 valence electrons. The Morgan fingerprint density at radius 1 is 1.35 bits per heavy atom. The quantitative estimate of drug-likeness (QED) is 0.765.